The molecule has 0 aliphatic carbocycles. The summed E-state index contributed by atoms with van der Waals surface area (Å²) in [7, 11) is 1.30. The molecule has 1 aromatic heterocycles. The molecule has 0 radical (unpaired) electrons. The molecule has 1 N–H and O–H groups in total. The Labute approximate surface area is 147 Å². The molecule has 9 heteroatoms. The van der Waals surface area contributed by atoms with E-state index in [-0.39, 0.29) is 11.6 Å². The lowest BCUT2D eigenvalue weighted by Crippen LogP contribution is -2.33. The maximum Gasteiger partial charge on any atom is 0.340 e. The van der Waals surface area contributed by atoms with Crippen LogP contribution in [-0.2, 0) is 9.53 Å². The van der Waals surface area contributed by atoms with Crippen molar-refractivity contribution in [2.24, 2.45) is 0 Å². The predicted molar refractivity (Wildman–Crippen MR) is 93.1 cm³/mol. The van der Waals surface area contributed by atoms with Gasteiger partial charge in [-0.1, -0.05) is 0 Å². The summed E-state index contributed by atoms with van der Waals surface area (Å²) >= 11 is 1.31. The summed E-state index contributed by atoms with van der Waals surface area (Å²) in [4.78, 5) is 36.2. The van der Waals surface area contributed by atoms with Crippen molar-refractivity contribution in [3.05, 3.63) is 51.4 Å². The number of hydrogen-bond donors (Lipinski definition) is 1. The number of methoxy groups -OCH3 is 1. The van der Waals surface area contributed by atoms with Crippen LogP contribution in [0.4, 0.5) is 16.4 Å². The molecule has 3 rings (SSSR count). The number of ether oxygens (including phenoxy) is 1. The van der Waals surface area contributed by atoms with Gasteiger partial charge in [-0.05, 0) is 30.0 Å². The maximum absolute atomic E-state index is 12.7. The van der Waals surface area contributed by atoms with Crippen LogP contribution in [0, 0.1) is 10.1 Å². The van der Waals surface area contributed by atoms with Crippen LogP contribution in [0.5, 0.6) is 0 Å². The van der Waals surface area contributed by atoms with Gasteiger partial charge < -0.3 is 15.0 Å². The van der Waals surface area contributed by atoms with Crippen LogP contribution in [-0.4, -0.2) is 36.5 Å². The second-order valence-corrected chi connectivity index (χ2v) is 6.31. The van der Waals surface area contributed by atoms with Crippen molar-refractivity contribution in [3.8, 4) is 0 Å². The second kappa shape index (κ2) is 6.89. The highest BCUT2D eigenvalue weighted by Crippen LogP contribution is 2.32. The number of non-ortho nitro benzene ring substituents is 1. The second-order valence-electron chi connectivity index (χ2n) is 5.41. The molecule has 2 aromatic rings. The minimum atomic E-state index is -0.476. The van der Waals surface area contributed by atoms with Crippen molar-refractivity contribution >= 4 is 39.6 Å². The fourth-order valence-electron chi connectivity index (χ4n) is 2.67. The van der Waals surface area contributed by atoms with Crippen molar-refractivity contribution in [2.75, 3.05) is 23.9 Å². The largest absolute Gasteiger partial charge is 0.465 e. The Bertz CT molecular complexity index is 817. The molecule has 0 spiro atoms. The highest BCUT2D eigenvalue weighted by Gasteiger charge is 2.35. The number of nitrogens with zero attached hydrogens (tertiary/aromatic N) is 2. The molecule has 25 heavy (non-hydrogen) atoms. The monoisotopic (exact) mass is 361 g/mol. The Morgan fingerprint density at radius 3 is 2.72 bits per heavy atom. The van der Waals surface area contributed by atoms with E-state index in [1.54, 1.807) is 28.5 Å². The van der Waals surface area contributed by atoms with Crippen LogP contribution in [0.3, 0.4) is 0 Å². The summed E-state index contributed by atoms with van der Waals surface area (Å²) in [5, 5.41) is 16.1. The topological polar surface area (TPSA) is 102 Å². The number of hydrogen-bond acceptors (Lipinski definition) is 7. The van der Waals surface area contributed by atoms with Gasteiger partial charge in [-0.15, -0.1) is 11.3 Å². The van der Waals surface area contributed by atoms with Gasteiger partial charge in [0.25, 0.3) is 5.69 Å². The summed E-state index contributed by atoms with van der Waals surface area (Å²) in [6.45, 7) is 0.480. The SMILES string of the molecule is COC(=O)c1ccsc1N1CCC(Nc2ccc([N+](=O)[O-])cc2)C1=O. The number of esters is 1. The molecule has 1 aliphatic heterocycles. The van der Waals surface area contributed by atoms with Crippen molar-refractivity contribution in [1.82, 2.24) is 0 Å². The van der Waals surface area contributed by atoms with Gasteiger partial charge in [0.2, 0.25) is 5.91 Å². The molecular formula is C16H15N3O5S. The summed E-state index contributed by atoms with van der Waals surface area (Å²) in [6, 6.07) is 7.09. The zero-order chi connectivity index (χ0) is 18.0. The van der Waals surface area contributed by atoms with Crippen LogP contribution < -0.4 is 10.2 Å². The van der Waals surface area contributed by atoms with Gasteiger partial charge in [0, 0.05) is 24.4 Å². The first-order chi connectivity index (χ1) is 12.0. The van der Waals surface area contributed by atoms with Gasteiger partial charge >= 0.3 is 5.97 Å². The highest BCUT2D eigenvalue weighted by atomic mass is 32.1. The quantitative estimate of drug-likeness (QED) is 0.499. The van der Waals surface area contributed by atoms with Crippen molar-refractivity contribution in [3.63, 3.8) is 0 Å². The van der Waals surface area contributed by atoms with E-state index in [0.717, 1.165) is 0 Å². The first-order valence-corrected chi connectivity index (χ1v) is 8.37. The Hall–Kier alpha value is -2.94. The molecule has 1 unspecified atom stereocenters. The van der Waals surface area contributed by atoms with Gasteiger partial charge in [-0.2, -0.15) is 0 Å². The molecule has 2 heterocycles. The first-order valence-electron chi connectivity index (χ1n) is 7.49. The Balaban J connectivity index is 1.73. The van der Waals surface area contributed by atoms with Crippen LogP contribution in [0.15, 0.2) is 35.7 Å². The number of anilines is 2. The fourth-order valence-corrected chi connectivity index (χ4v) is 3.59. The normalized spacial score (nSPS) is 16.8. The number of rotatable bonds is 5. The van der Waals surface area contributed by atoms with E-state index in [2.05, 4.69) is 5.32 Å². The maximum atomic E-state index is 12.7. The standard InChI is InChI=1S/C16H15N3O5S/c1-24-16(21)12-7-9-25-15(12)18-8-6-13(14(18)20)17-10-2-4-11(5-3-10)19(22)23/h2-5,7,9,13,17H,6,8H2,1H3. The minimum Gasteiger partial charge on any atom is -0.465 e. The molecule has 1 aromatic carbocycles. The van der Waals surface area contributed by atoms with Crippen molar-refractivity contribution in [1.29, 1.82) is 0 Å². The molecule has 1 amide bonds. The lowest BCUT2D eigenvalue weighted by atomic mass is 10.2. The van der Waals surface area contributed by atoms with Gasteiger partial charge in [0.05, 0.1) is 17.6 Å². The van der Waals surface area contributed by atoms with E-state index >= 15 is 0 Å². The van der Waals surface area contributed by atoms with Gasteiger partial charge in [0.1, 0.15) is 11.0 Å². The number of carbonyl (C=O) groups is 2. The number of nitro benzene ring substituents is 1. The molecule has 1 aliphatic rings. The average Bonchev–Trinajstić information content (AvgIpc) is 3.22. The first kappa shape index (κ1) is 16.9. The molecule has 0 bridgehead atoms. The van der Waals surface area contributed by atoms with E-state index in [4.69, 9.17) is 4.74 Å². The Morgan fingerprint density at radius 1 is 1.36 bits per heavy atom. The number of benzene rings is 1. The molecular weight excluding hydrogens is 346 g/mol. The van der Waals surface area contributed by atoms with Crippen molar-refractivity contribution in [2.45, 2.75) is 12.5 Å². The number of amides is 1. The molecule has 1 fully saturated rings. The summed E-state index contributed by atoms with van der Waals surface area (Å²) in [6.07, 6.45) is 0.564. The van der Waals surface area contributed by atoms with E-state index in [1.807, 2.05) is 0 Å². The van der Waals surface area contributed by atoms with E-state index in [0.29, 0.717) is 29.2 Å². The van der Waals surface area contributed by atoms with Gasteiger partial charge in [0.15, 0.2) is 0 Å². The number of nitrogens with one attached hydrogen (secondary N) is 1. The third kappa shape index (κ3) is 3.31. The Kier molecular flexibility index (Phi) is 4.66. The lowest BCUT2D eigenvalue weighted by molar-refractivity contribution is -0.384. The average molecular weight is 361 g/mol. The highest BCUT2D eigenvalue weighted by molar-refractivity contribution is 7.14. The minimum absolute atomic E-state index is 0.00812. The third-order valence-electron chi connectivity index (χ3n) is 3.92. The zero-order valence-electron chi connectivity index (χ0n) is 13.3. The smallest absolute Gasteiger partial charge is 0.340 e. The van der Waals surface area contributed by atoms with Crippen LogP contribution in [0.1, 0.15) is 16.8 Å². The predicted octanol–water partition coefficient (Wildman–Crippen LogP) is 2.66. The van der Waals surface area contributed by atoms with Crippen LogP contribution in [0.25, 0.3) is 0 Å². The van der Waals surface area contributed by atoms with Crippen molar-refractivity contribution < 1.29 is 19.2 Å². The van der Waals surface area contributed by atoms with E-state index < -0.39 is 16.9 Å². The molecule has 0 saturated carbocycles. The third-order valence-corrected chi connectivity index (χ3v) is 4.86. The molecule has 1 saturated heterocycles. The van der Waals surface area contributed by atoms with Gasteiger partial charge in [-0.25, -0.2) is 4.79 Å². The van der Waals surface area contributed by atoms with E-state index in [1.165, 1.54) is 30.6 Å². The number of carbonyl (C=O) groups excluding carboxylic acids is 2. The summed E-state index contributed by atoms with van der Waals surface area (Å²) in [5.74, 6) is -0.623. The number of thiophene rings is 1. The van der Waals surface area contributed by atoms with Crippen LogP contribution in [0.2, 0.25) is 0 Å². The molecule has 1 atom stereocenters. The fraction of sp³-hybridized carbons (Fsp3) is 0.250. The van der Waals surface area contributed by atoms with Gasteiger partial charge in [-0.3, -0.25) is 14.9 Å². The zero-order valence-corrected chi connectivity index (χ0v) is 14.1. The van der Waals surface area contributed by atoms with Crippen LogP contribution >= 0.6 is 11.3 Å². The lowest BCUT2D eigenvalue weighted by Gasteiger charge is -2.17. The molecule has 130 valence electrons. The summed E-state index contributed by atoms with van der Waals surface area (Å²) < 4.78 is 4.74. The summed E-state index contributed by atoms with van der Waals surface area (Å²) in [5.41, 5.74) is 0.994. The Morgan fingerprint density at radius 2 is 2.08 bits per heavy atom. The number of nitro groups is 1. The van der Waals surface area contributed by atoms with E-state index in [9.17, 15) is 19.7 Å². The molecule has 8 nitrogen and oxygen atoms in total.